The number of ketones is 2. The van der Waals surface area contributed by atoms with Gasteiger partial charge in [0.25, 0.3) is 0 Å². The number of phenolic OH excluding ortho intramolecular Hbond substituents is 1. The molecule has 0 spiro atoms. The van der Waals surface area contributed by atoms with Gasteiger partial charge in [0.1, 0.15) is 11.4 Å². The Morgan fingerprint density at radius 1 is 1.05 bits per heavy atom. The number of hydrogen-bond donors (Lipinski definition) is 3. The molecule has 0 bridgehead atoms. The molecule has 4 rings (SSSR count). The lowest BCUT2D eigenvalue weighted by molar-refractivity contribution is -0.134. The molecular weight excluding hydrogens is 573 g/mol. The van der Waals surface area contributed by atoms with Crippen molar-refractivity contribution >= 4 is 23.4 Å². The van der Waals surface area contributed by atoms with Gasteiger partial charge in [0.2, 0.25) is 11.8 Å². The maximum Gasteiger partial charge on any atom is 0.234 e. The van der Waals surface area contributed by atoms with E-state index in [1.54, 1.807) is 45.2 Å². The van der Waals surface area contributed by atoms with Crippen molar-refractivity contribution in [2.75, 3.05) is 46.6 Å². The molecule has 12 heteroatoms. The zero-order valence-corrected chi connectivity index (χ0v) is 25.3. The van der Waals surface area contributed by atoms with Gasteiger partial charge >= 0.3 is 0 Å². The number of benzene rings is 2. The number of phenols is 1. The zero-order chi connectivity index (χ0) is 31.9. The van der Waals surface area contributed by atoms with Crippen LogP contribution in [-0.2, 0) is 41.5 Å². The molecule has 0 radical (unpaired) electrons. The molecule has 4 atom stereocenters. The van der Waals surface area contributed by atoms with Crippen LogP contribution in [0.3, 0.4) is 0 Å². The molecule has 238 valence electrons. The van der Waals surface area contributed by atoms with Crippen molar-refractivity contribution in [2.24, 2.45) is 5.92 Å². The number of rotatable bonds is 15. The van der Waals surface area contributed by atoms with Crippen molar-refractivity contribution in [2.45, 2.75) is 50.8 Å². The van der Waals surface area contributed by atoms with Crippen LogP contribution < -0.4 is 15.4 Å². The third kappa shape index (κ3) is 9.07. The Hall–Kier alpha value is -3.87. The SMILES string of the molecule is COc1ccc(CC(CC(=O)C(C)NC(=O)CN2CCOCC2)C(=O)NC(Cc2ccc(O)c(F)c2)C(=O)C2(C)CO2)cc1. The van der Waals surface area contributed by atoms with Crippen LogP contribution in [0.2, 0.25) is 0 Å². The van der Waals surface area contributed by atoms with E-state index in [4.69, 9.17) is 14.2 Å². The van der Waals surface area contributed by atoms with Gasteiger partial charge < -0.3 is 30.0 Å². The number of hydrogen-bond acceptors (Lipinski definition) is 9. The van der Waals surface area contributed by atoms with Crippen molar-refractivity contribution in [1.82, 2.24) is 15.5 Å². The number of Topliss-reactive ketones (excluding diaryl/α,β-unsaturated/α-hetero) is 2. The topological polar surface area (TPSA) is 147 Å². The molecule has 0 saturated carbocycles. The van der Waals surface area contributed by atoms with Gasteiger partial charge in [-0.05, 0) is 62.1 Å². The van der Waals surface area contributed by atoms with E-state index in [1.165, 1.54) is 12.1 Å². The van der Waals surface area contributed by atoms with Crippen LogP contribution >= 0.6 is 0 Å². The van der Waals surface area contributed by atoms with Crippen molar-refractivity contribution in [3.05, 3.63) is 59.4 Å². The minimum absolute atomic E-state index is 0.0437. The highest BCUT2D eigenvalue weighted by atomic mass is 19.1. The van der Waals surface area contributed by atoms with E-state index in [1.807, 2.05) is 4.90 Å². The molecule has 0 aromatic heterocycles. The highest BCUT2D eigenvalue weighted by Gasteiger charge is 2.50. The Balaban J connectivity index is 1.49. The molecule has 44 heavy (non-hydrogen) atoms. The van der Waals surface area contributed by atoms with Gasteiger partial charge in [-0.2, -0.15) is 0 Å². The van der Waals surface area contributed by atoms with Gasteiger partial charge in [-0.15, -0.1) is 0 Å². The maximum atomic E-state index is 14.1. The molecule has 2 saturated heterocycles. The Morgan fingerprint density at radius 2 is 1.70 bits per heavy atom. The lowest BCUT2D eigenvalue weighted by atomic mass is 9.89. The molecule has 4 unspecified atom stereocenters. The van der Waals surface area contributed by atoms with E-state index in [-0.39, 0.29) is 49.9 Å². The predicted octanol–water partition coefficient (Wildman–Crippen LogP) is 1.58. The third-order valence-corrected chi connectivity index (χ3v) is 7.97. The summed E-state index contributed by atoms with van der Waals surface area (Å²) in [6.07, 6.45) is -0.0597. The van der Waals surface area contributed by atoms with Gasteiger partial charge in [-0.3, -0.25) is 24.1 Å². The number of amides is 2. The molecular formula is C32H40FN3O8. The lowest BCUT2D eigenvalue weighted by Gasteiger charge is -2.27. The largest absolute Gasteiger partial charge is 0.505 e. The van der Waals surface area contributed by atoms with E-state index >= 15 is 0 Å². The second kappa shape index (κ2) is 14.7. The van der Waals surface area contributed by atoms with Gasteiger partial charge in [0.15, 0.2) is 23.1 Å². The summed E-state index contributed by atoms with van der Waals surface area (Å²) in [5.41, 5.74) is 0.0832. The van der Waals surface area contributed by atoms with Crippen molar-refractivity contribution < 1.29 is 42.9 Å². The number of nitrogens with one attached hydrogen (secondary N) is 2. The van der Waals surface area contributed by atoms with Crippen LogP contribution in [0, 0.1) is 11.7 Å². The monoisotopic (exact) mass is 613 g/mol. The first-order valence-corrected chi connectivity index (χ1v) is 14.7. The van der Waals surface area contributed by atoms with Crippen LogP contribution in [0.15, 0.2) is 42.5 Å². The number of methoxy groups -OCH3 is 1. The summed E-state index contributed by atoms with van der Waals surface area (Å²) >= 11 is 0. The van der Waals surface area contributed by atoms with E-state index in [0.29, 0.717) is 37.6 Å². The number of aromatic hydroxyl groups is 1. The average molecular weight is 614 g/mol. The summed E-state index contributed by atoms with van der Waals surface area (Å²) in [6.45, 7) is 5.86. The fourth-order valence-corrected chi connectivity index (χ4v) is 5.08. The van der Waals surface area contributed by atoms with Crippen LogP contribution in [0.4, 0.5) is 4.39 Å². The van der Waals surface area contributed by atoms with E-state index in [2.05, 4.69) is 10.6 Å². The lowest BCUT2D eigenvalue weighted by Crippen LogP contribution is -2.50. The number of carbonyl (C=O) groups excluding carboxylic acids is 4. The molecule has 11 nitrogen and oxygen atoms in total. The van der Waals surface area contributed by atoms with Gasteiger partial charge in [0.05, 0.1) is 45.6 Å². The summed E-state index contributed by atoms with van der Waals surface area (Å²) in [7, 11) is 1.54. The number of halogens is 1. The second-order valence-electron chi connectivity index (χ2n) is 11.5. The number of morpholine rings is 1. The standard InChI is InChI=1S/C32H40FN3O8/c1-20(34-29(39)18-36-10-12-43-13-11-36)28(38)17-23(14-21-4-7-24(42-3)8-5-21)31(41)35-26(30(40)32(2)19-44-32)16-22-6-9-27(37)25(33)15-22/h4-9,15,20,23,26,37H,10-14,16-19H2,1-3H3,(H,34,39)(H,35,41). The van der Waals surface area contributed by atoms with Crippen molar-refractivity contribution in [3.8, 4) is 11.5 Å². The fraction of sp³-hybridized carbons (Fsp3) is 0.500. The molecule has 2 heterocycles. The highest BCUT2D eigenvalue weighted by Crippen LogP contribution is 2.30. The highest BCUT2D eigenvalue weighted by molar-refractivity contribution is 5.98. The summed E-state index contributed by atoms with van der Waals surface area (Å²) in [6, 6.07) is 8.93. The molecule has 2 amide bonds. The number of ether oxygens (including phenoxy) is 3. The van der Waals surface area contributed by atoms with Gasteiger partial charge in [-0.25, -0.2) is 4.39 Å². The molecule has 2 aromatic carbocycles. The molecule has 2 aliphatic rings. The second-order valence-corrected chi connectivity index (χ2v) is 11.5. The van der Waals surface area contributed by atoms with Crippen molar-refractivity contribution in [1.29, 1.82) is 0 Å². The number of epoxide rings is 1. The Morgan fingerprint density at radius 3 is 2.32 bits per heavy atom. The smallest absolute Gasteiger partial charge is 0.234 e. The van der Waals surface area contributed by atoms with Crippen LogP contribution in [0.25, 0.3) is 0 Å². The minimum atomic E-state index is -1.08. The Bertz CT molecular complexity index is 1340. The minimum Gasteiger partial charge on any atom is -0.505 e. The third-order valence-electron chi connectivity index (χ3n) is 7.97. The fourth-order valence-electron chi connectivity index (χ4n) is 5.08. The summed E-state index contributed by atoms with van der Waals surface area (Å²) in [5, 5.41) is 15.1. The first-order chi connectivity index (χ1) is 21.0. The molecule has 2 fully saturated rings. The van der Waals surface area contributed by atoms with Crippen LogP contribution in [0.5, 0.6) is 11.5 Å². The first kappa shape index (κ1) is 33.0. The van der Waals surface area contributed by atoms with Gasteiger partial charge in [-0.1, -0.05) is 18.2 Å². The average Bonchev–Trinajstić information content (AvgIpc) is 3.76. The normalized spacial score (nSPS) is 20.2. The summed E-state index contributed by atoms with van der Waals surface area (Å²) in [4.78, 5) is 55.0. The van der Waals surface area contributed by atoms with E-state index in [9.17, 15) is 28.7 Å². The van der Waals surface area contributed by atoms with Crippen LogP contribution in [0.1, 0.15) is 31.4 Å². The number of nitrogens with zero attached hydrogens (tertiary/aromatic N) is 1. The molecule has 3 N–H and O–H groups in total. The van der Waals surface area contributed by atoms with Gasteiger partial charge in [0, 0.05) is 25.4 Å². The van der Waals surface area contributed by atoms with Crippen molar-refractivity contribution in [3.63, 3.8) is 0 Å². The van der Waals surface area contributed by atoms with E-state index in [0.717, 1.165) is 11.6 Å². The quantitative estimate of drug-likeness (QED) is 0.255. The Kier molecular flexibility index (Phi) is 11.1. The van der Waals surface area contributed by atoms with E-state index < -0.39 is 41.1 Å². The maximum absolute atomic E-state index is 14.1. The molecule has 2 aliphatic heterocycles. The number of carbonyl (C=O) groups is 4. The van der Waals surface area contributed by atoms with Crippen LogP contribution in [-0.4, -0.2) is 97.6 Å². The first-order valence-electron chi connectivity index (χ1n) is 14.7. The molecule has 0 aliphatic carbocycles. The predicted molar refractivity (Wildman–Crippen MR) is 158 cm³/mol. The Labute approximate surface area is 256 Å². The summed E-state index contributed by atoms with van der Waals surface area (Å²) in [5.74, 6) is -3.17. The zero-order valence-electron chi connectivity index (χ0n) is 25.3. The molecule has 2 aromatic rings. The summed E-state index contributed by atoms with van der Waals surface area (Å²) < 4.78 is 29.9.